The van der Waals surface area contributed by atoms with Gasteiger partial charge >= 0.3 is 0 Å². The summed E-state index contributed by atoms with van der Waals surface area (Å²) in [7, 11) is 1.72. The fourth-order valence-electron chi connectivity index (χ4n) is 4.13. The Bertz CT molecular complexity index is 480. The number of hydrogen-bond acceptors (Lipinski definition) is 1. The normalized spacial score (nSPS) is 26.8. The Morgan fingerprint density at radius 3 is 2.45 bits per heavy atom. The third-order valence-electron chi connectivity index (χ3n) is 5.44. The highest BCUT2D eigenvalue weighted by molar-refractivity contribution is 9.10. The smallest absolute Gasteiger partial charge is 0.133 e. The topological polar surface area (TPSA) is 18.1 Å². The molecule has 0 amide bonds. The van der Waals surface area contributed by atoms with Gasteiger partial charge in [0.1, 0.15) is 12.3 Å². The van der Waals surface area contributed by atoms with Crippen LogP contribution in [-0.4, -0.2) is 39.3 Å². The molecule has 0 aliphatic carbocycles. The second-order valence-electron chi connectivity index (χ2n) is 6.89. The number of halogens is 1. The van der Waals surface area contributed by atoms with Gasteiger partial charge in [-0.25, -0.2) is 0 Å². The molecule has 2 saturated heterocycles. The summed E-state index contributed by atoms with van der Waals surface area (Å²) in [5, 5.41) is 0. The van der Waals surface area contributed by atoms with Crippen molar-refractivity contribution in [2.75, 3.05) is 33.3 Å². The zero-order valence-electron chi connectivity index (χ0n) is 13.7. The third-order valence-corrected chi connectivity index (χ3v) is 6.06. The molecule has 2 N–H and O–H groups in total. The number of piperidine rings is 2. The quantitative estimate of drug-likeness (QED) is 0.813. The van der Waals surface area contributed by atoms with Crippen molar-refractivity contribution in [1.29, 1.82) is 0 Å². The molecule has 2 aliphatic rings. The summed E-state index contributed by atoms with van der Waals surface area (Å²) in [5.74, 6) is 0.922. The Balaban J connectivity index is 1.50. The Morgan fingerprint density at radius 1 is 1.09 bits per heavy atom. The van der Waals surface area contributed by atoms with E-state index in [1.165, 1.54) is 63.8 Å². The summed E-state index contributed by atoms with van der Waals surface area (Å²) in [4.78, 5) is 3.64. The van der Waals surface area contributed by atoms with Gasteiger partial charge in [-0.05, 0) is 53.4 Å². The fraction of sp³-hybridized carbons (Fsp3) is 0.667. The molecule has 22 heavy (non-hydrogen) atoms. The summed E-state index contributed by atoms with van der Waals surface area (Å²) >= 11 is 3.60. The lowest BCUT2D eigenvalue weighted by Crippen LogP contribution is -3.20. The second kappa shape index (κ2) is 7.80. The zero-order chi connectivity index (χ0) is 15.4. The van der Waals surface area contributed by atoms with E-state index in [0.29, 0.717) is 0 Å². The van der Waals surface area contributed by atoms with E-state index in [2.05, 4.69) is 34.1 Å². The predicted octanol–water partition coefficient (Wildman–Crippen LogP) is 1.07. The van der Waals surface area contributed by atoms with Gasteiger partial charge in [0.15, 0.2) is 0 Å². The SMILES string of the molecule is COc1ccc(C[NH+]2CCC([NH+]3CCCCC3)CC2)cc1Br. The molecule has 122 valence electrons. The van der Waals surface area contributed by atoms with E-state index in [-0.39, 0.29) is 0 Å². The van der Waals surface area contributed by atoms with Crippen molar-refractivity contribution in [3.05, 3.63) is 28.2 Å². The Hall–Kier alpha value is -0.580. The number of hydrogen-bond donors (Lipinski definition) is 2. The van der Waals surface area contributed by atoms with Gasteiger partial charge in [-0.2, -0.15) is 0 Å². The zero-order valence-corrected chi connectivity index (χ0v) is 15.3. The van der Waals surface area contributed by atoms with Crippen LogP contribution in [0.15, 0.2) is 22.7 Å². The minimum Gasteiger partial charge on any atom is -0.496 e. The van der Waals surface area contributed by atoms with Gasteiger partial charge < -0.3 is 14.5 Å². The first-order valence-electron chi connectivity index (χ1n) is 8.77. The Morgan fingerprint density at radius 2 is 1.82 bits per heavy atom. The molecule has 2 aliphatic heterocycles. The average molecular weight is 369 g/mol. The number of nitrogens with one attached hydrogen (secondary N) is 2. The van der Waals surface area contributed by atoms with Crippen molar-refractivity contribution in [3.63, 3.8) is 0 Å². The molecule has 0 bridgehead atoms. The second-order valence-corrected chi connectivity index (χ2v) is 7.74. The minimum atomic E-state index is 0.922. The maximum atomic E-state index is 5.31. The van der Waals surface area contributed by atoms with Crippen molar-refractivity contribution in [3.8, 4) is 5.75 Å². The lowest BCUT2D eigenvalue weighted by molar-refractivity contribution is -0.965. The van der Waals surface area contributed by atoms with Crippen molar-refractivity contribution in [2.24, 2.45) is 0 Å². The number of methoxy groups -OCH3 is 1. The molecule has 0 saturated carbocycles. The third kappa shape index (κ3) is 4.03. The fourth-order valence-corrected chi connectivity index (χ4v) is 4.72. The molecular formula is C18H29BrN2O+2. The van der Waals surface area contributed by atoms with E-state index >= 15 is 0 Å². The average Bonchev–Trinajstić information content (AvgIpc) is 2.57. The van der Waals surface area contributed by atoms with Gasteiger partial charge in [0.2, 0.25) is 0 Å². The summed E-state index contributed by atoms with van der Waals surface area (Å²) in [5.41, 5.74) is 1.41. The molecule has 0 unspecified atom stereocenters. The first kappa shape index (κ1) is 16.3. The number of benzene rings is 1. The van der Waals surface area contributed by atoms with Crippen molar-refractivity contribution in [1.82, 2.24) is 0 Å². The van der Waals surface area contributed by atoms with Gasteiger partial charge in [-0.3, -0.25) is 0 Å². The van der Waals surface area contributed by atoms with Gasteiger partial charge in [0.25, 0.3) is 0 Å². The number of ether oxygens (including phenoxy) is 1. The van der Waals surface area contributed by atoms with Crippen LogP contribution in [-0.2, 0) is 6.54 Å². The van der Waals surface area contributed by atoms with Gasteiger partial charge in [-0.1, -0.05) is 0 Å². The maximum Gasteiger partial charge on any atom is 0.133 e. The first-order valence-corrected chi connectivity index (χ1v) is 9.56. The summed E-state index contributed by atoms with van der Waals surface area (Å²) in [6.45, 7) is 6.65. The highest BCUT2D eigenvalue weighted by Gasteiger charge is 2.30. The van der Waals surface area contributed by atoms with Gasteiger partial charge in [-0.15, -0.1) is 0 Å². The molecule has 2 heterocycles. The van der Waals surface area contributed by atoms with Crippen LogP contribution in [0.1, 0.15) is 37.7 Å². The number of likely N-dealkylation sites (tertiary alicyclic amines) is 2. The molecule has 0 spiro atoms. The van der Waals surface area contributed by atoms with Gasteiger partial charge in [0.05, 0.1) is 43.8 Å². The van der Waals surface area contributed by atoms with Crippen LogP contribution in [0.4, 0.5) is 0 Å². The van der Waals surface area contributed by atoms with Crippen LogP contribution < -0.4 is 14.5 Å². The summed E-state index contributed by atoms with van der Waals surface area (Å²) in [6.07, 6.45) is 7.16. The number of rotatable bonds is 4. The largest absolute Gasteiger partial charge is 0.496 e. The standard InChI is InChI=1S/C18H27BrN2O/c1-22-18-6-5-15(13-17(18)19)14-20-11-7-16(8-12-20)21-9-3-2-4-10-21/h5-6,13,16H,2-4,7-12,14H2,1H3/p+2. The van der Waals surface area contributed by atoms with E-state index in [9.17, 15) is 0 Å². The molecule has 0 atom stereocenters. The van der Waals surface area contributed by atoms with Crippen LogP contribution in [0.5, 0.6) is 5.75 Å². The molecule has 4 heteroatoms. The van der Waals surface area contributed by atoms with Gasteiger partial charge in [0, 0.05) is 18.4 Å². The highest BCUT2D eigenvalue weighted by Crippen LogP contribution is 2.25. The minimum absolute atomic E-state index is 0.922. The molecular weight excluding hydrogens is 340 g/mol. The highest BCUT2D eigenvalue weighted by atomic mass is 79.9. The van der Waals surface area contributed by atoms with Crippen LogP contribution in [0.2, 0.25) is 0 Å². The molecule has 3 rings (SSSR count). The molecule has 3 nitrogen and oxygen atoms in total. The summed E-state index contributed by atoms with van der Waals surface area (Å²) < 4.78 is 6.38. The number of quaternary nitrogens is 2. The van der Waals surface area contributed by atoms with Crippen LogP contribution in [0, 0.1) is 0 Å². The lowest BCUT2D eigenvalue weighted by Gasteiger charge is -2.36. The molecule has 1 aromatic carbocycles. The predicted molar refractivity (Wildman–Crippen MR) is 92.7 cm³/mol. The van der Waals surface area contributed by atoms with Crippen LogP contribution >= 0.6 is 15.9 Å². The van der Waals surface area contributed by atoms with Crippen molar-refractivity contribution in [2.45, 2.75) is 44.7 Å². The Kier molecular flexibility index (Phi) is 5.77. The van der Waals surface area contributed by atoms with E-state index in [1.54, 1.807) is 12.0 Å². The van der Waals surface area contributed by atoms with E-state index < -0.39 is 0 Å². The lowest BCUT2D eigenvalue weighted by atomic mass is 9.99. The van der Waals surface area contributed by atoms with E-state index in [1.807, 2.05) is 4.90 Å². The first-order chi connectivity index (χ1) is 10.8. The Labute approximate surface area is 142 Å². The van der Waals surface area contributed by atoms with Crippen LogP contribution in [0.3, 0.4) is 0 Å². The molecule has 0 aromatic heterocycles. The van der Waals surface area contributed by atoms with Crippen LogP contribution in [0.25, 0.3) is 0 Å². The van der Waals surface area contributed by atoms with E-state index in [0.717, 1.165) is 22.8 Å². The summed E-state index contributed by atoms with van der Waals surface area (Å²) in [6, 6.07) is 7.43. The molecule has 1 aromatic rings. The van der Waals surface area contributed by atoms with Crippen molar-refractivity contribution >= 4 is 15.9 Å². The van der Waals surface area contributed by atoms with Crippen molar-refractivity contribution < 1.29 is 14.5 Å². The molecule has 2 fully saturated rings. The molecule has 0 radical (unpaired) electrons. The van der Waals surface area contributed by atoms with E-state index in [4.69, 9.17) is 4.74 Å². The maximum absolute atomic E-state index is 5.31. The monoisotopic (exact) mass is 368 g/mol.